The van der Waals surface area contributed by atoms with Crippen molar-refractivity contribution in [2.45, 2.75) is 0 Å². The predicted molar refractivity (Wildman–Crippen MR) is 97.4 cm³/mol. The van der Waals surface area contributed by atoms with Crippen LogP contribution in [-0.2, 0) is 4.52 Å². The van der Waals surface area contributed by atoms with Gasteiger partial charge in [0.15, 0.2) is 0 Å². The first-order valence-corrected chi connectivity index (χ1v) is 16.5. The summed E-state index contributed by atoms with van der Waals surface area (Å²) < 4.78 is 7.44. The SMILES string of the molecule is COP(=[Se])(c1ccccc1)c1c(-c2ccccc2)[se][se]c1=O. The van der Waals surface area contributed by atoms with Crippen molar-refractivity contribution < 1.29 is 4.52 Å². The summed E-state index contributed by atoms with van der Waals surface area (Å²) in [7, 11) is 1.71. The van der Waals surface area contributed by atoms with Crippen LogP contribution in [0.2, 0.25) is 0 Å². The summed E-state index contributed by atoms with van der Waals surface area (Å²) in [5.41, 5.74) is -1.03. The molecule has 1 heterocycles. The molecule has 0 radical (unpaired) electrons. The van der Waals surface area contributed by atoms with Gasteiger partial charge in [-0.25, -0.2) is 0 Å². The fraction of sp³-hybridized carbons (Fsp3) is 0.0625. The van der Waals surface area contributed by atoms with E-state index in [0.29, 0.717) is 4.30 Å². The molecule has 1 aromatic heterocycles. The minimum atomic E-state index is -2.19. The second kappa shape index (κ2) is 7.14. The van der Waals surface area contributed by atoms with Crippen LogP contribution in [0, 0.1) is 0 Å². The van der Waals surface area contributed by atoms with Crippen LogP contribution in [0.1, 0.15) is 0 Å². The molecule has 3 aromatic rings. The maximum absolute atomic E-state index is 12.7. The van der Waals surface area contributed by atoms with E-state index in [-0.39, 0.29) is 25.3 Å². The van der Waals surface area contributed by atoms with Crippen LogP contribution < -0.4 is 14.9 Å². The molecule has 3 rings (SSSR count). The Kier molecular flexibility index (Phi) is 5.40. The molecule has 0 fully saturated rings. The van der Waals surface area contributed by atoms with Gasteiger partial charge >= 0.3 is 148 Å². The van der Waals surface area contributed by atoms with Crippen LogP contribution >= 0.6 is 5.74 Å². The molecule has 0 bridgehead atoms. The van der Waals surface area contributed by atoms with Gasteiger partial charge in [0.2, 0.25) is 0 Å². The van der Waals surface area contributed by atoms with Crippen molar-refractivity contribution in [1.82, 2.24) is 0 Å². The Morgan fingerprint density at radius 2 is 1.55 bits per heavy atom. The second-order valence-corrected chi connectivity index (χ2v) is 16.2. The molecule has 1 unspecified atom stereocenters. The van der Waals surface area contributed by atoms with E-state index in [1.807, 2.05) is 36.4 Å². The molecule has 0 saturated heterocycles. The third-order valence-corrected chi connectivity index (χ3v) is 16.5. The molecule has 0 saturated carbocycles. The van der Waals surface area contributed by atoms with Gasteiger partial charge < -0.3 is 0 Å². The van der Waals surface area contributed by atoms with Crippen molar-refractivity contribution in [3.8, 4) is 10.0 Å². The molecule has 0 aliphatic rings. The van der Waals surface area contributed by atoms with E-state index in [1.165, 1.54) is 4.44 Å². The third kappa shape index (κ3) is 3.06. The molecule has 112 valence electrons. The van der Waals surface area contributed by atoms with Gasteiger partial charge in [-0.2, -0.15) is 0 Å². The molecular formula is C16H13O2PSe3. The van der Waals surface area contributed by atoms with Crippen molar-refractivity contribution in [3.05, 3.63) is 69.8 Å². The first-order chi connectivity index (χ1) is 10.7. The van der Waals surface area contributed by atoms with E-state index >= 15 is 0 Å². The number of rotatable bonds is 4. The maximum atomic E-state index is 12.7. The standard InChI is InChI=1S/C16H13O2PSe3/c1-18-19(20,13-10-6-3-7-11-13)14-15(21-22-16(14)17)12-8-4-2-5-9-12/h2-11H,1H3. The van der Waals surface area contributed by atoms with Gasteiger partial charge in [-0.15, -0.1) is 0 Å². The Bertz CT molecular complexity index is 869. The molecule has 0 N–H and O–H groups in total. The summed E-state index contributed by atoms with van der Waals surface area (Å²) in [5.74, 6) is 0. The average Bonchev–Trinajstić information content (AvgIpc) is 2.98. The van der Waals surface area contributed by atoms with Crippen molar-refractivity contribution in [3.63, 3.8) is 0 Å². The van der Waals surface area contributed by atoms with Gasteiger partial charge in [-0.3, -0.25) is 0 Å². The molecule has 0 aliphatic carbocycles. The topological polar surface area (TPSA) is 26.3 Å². The molecule has 2 aromatic carbocycles. The molecule has 1 atom stereocenters. The van der Waals surface area contributed by atoms with Crippen LogP contribution in [0.25, 0.3) is 10.0 Å². The summed E-state index contributed by atoms with van der Waals surface area (Å²) in [6, 6.07) is 20.3. The Labute approximate surface area is 147 Å². The Balaban J connectivity index is 2.26. The van der Waals surface area contributed by atoms with Crippen molar-refractivity contribution in [1.29, 1.82) is 0 Å². The zero-order valence-corrected chi connectivity index (χ0v) is 17.8. The van der Waals surface area contributed by atoms with Crippen molar-refractivity contribution >= 4 is 56.7 Å². The summed E-state index contributed by atoms with van der Waals surface area (Å²) in [6.07, 6.45) is 0. The van der Waals surface area contributed by atoms with E-state index in [9.17, 15) is 4.79 Å². The normalized spacial score (nSPS) is 13.7. The molecule has 0 amide bonds. The van der Waals surface area contributed by atoms with Crippen LogP contribution in [-0.4, -0.2) is 47.5 Å². The second-order valence-electron chi connectivity index (χ2n) is 4.57. The molecule has 2 nitrogen and oxygen atoms in total. The predicted octanol–water partition coefficient (Wildman–Crippen LogP) is 1.44. The Morgan fingerprint density at radius 3 is 2.14 bits per heavy atom. The first-order valence-electron chi connectivity index (χ1n) is 6.57. The van der Waals surface area contributed by atoms with Crippen LogP contribution in [0.15, 0.2) is 65.5 Å². The third-order valence-electron chi connectivity index (χ3n) is 3.29. The van der Waals surface area contributed by atoms with Gasteiger partial charge in [0.1, 0.15) is 0 Å². The summed E-state index contributed by atoms with van der Waals surface area (Å²) in [4.78, 5) is 12.7. The van der Waals surface area contributed by atoms with Crippen LogP contribution in [0.5, 0.6) is 0 Å². The molecule has 22 heavy (non-hydrogen) atoms. The average molecular weight is 505 g/mol. The van der Waals surface area contributed by atoms with Crippen molar-refractivity contribution in [2.24, 2.45) is 0 Å². The molecule has 0 spiro atoms. The molecule has 0 aliphatic heterocycles. The van der Waals surface area contributed by atoms with E-state index in [1.54, 1.807) is 7.11 Å². The summed E-state index contributed by atoms with van der Waals surface area (Å²) >= 11 is 3.54. The zero-order chi connectivity index (χ0) is 15.6. The molecular weight excluding hydrogens is 492 g/mol. The first kappa shape index (κ1) is 16.6. The van der Waals surface area contributed by atoms with E-state index < -0.39 is 5.74 Å². The van der Waals surface area contributed by atoms with Gasteiger partial charge in [0.05, 0.1) is 0 Å². The van der Waals surface area contributed by atoms with E-state index in [2.05, 4.69) is 39.4 Å². The minimum absolute atomic E-state index is 0.0376. The Morgan fingerprint density at radius 1 is 0.955 bits per heavy atom. The van der Waals surface area contributed by atoms with Crippen LogP contribution in [0.3, 0.4) is 0 Å². The van der Waals surface area contributed by atoms with E-state index in [0.717, 1.165) is 16.2 Å². The number of hydrogen-bond acceptors (Lipinski definition) is 2. The quantitative estimate of drug-likeness (QED) is 0.397. The van der Waals surface area contributed by atoms with Gasteiger partial charge in [-0.05, 0) is 0 Å². The molecule has 6 heteroatoms. The van der Waals surface area contributed by atoms with Gasteiger partial charge in [-0.1, -0.05) is 0 Å². The Hall–Kier alpha value is -0.202. The number of hydrogen-bond donors (Lipinski definition) is 0. The van der Waals surface area contributed by atoms with Crippen molar-refractivity contribution in [2.75, 3.05) is 7.11 Å². The zero-order valence-electron chi connectivity index (χ0n) is 11.8. The van der Waals surface area contributed by atoms with Gasteiger partial charge in [0.25, 0.3) is 0 Å². The summed E-state index contributed by atoms with van der Waals surface area (Å²) in [5, 5.41) is 2.00. The monoisotopic (exact) mass is 508 g/mol. The summed E-state index contributed by atoms with van der Waals surface area (Å²) in [6.45, 7) is 0. The fourth-order valence-electron chi connectivity index (χ4n) is 2.23. The van der Waals surface area contributed by atoms with E-state index in [4.69, 9.17) is 4.52 Å². The number of benzene rings is 2. The van der Waals surface area contributed by atoms with Gasteiger partial charge in [0, 0.05) is 0 Å². The fourth-order valence-corrected chi connectivity index (χ4v) is 17.7. The van der Waals surface area contributed by atoms with Crippen LogP contribution in [0.4, 0.5) is 0 Å².